The normalized spacial score (nSPS) is 26.1. The molecule has 0 aromatic heterocycles. The van der Waals surface area contributed by atoms with E-state index in [2.05, 4.69) is 5.32 Å². The Hall–Kier alpha value is -0.0400. The standard InChI is InChI=1S/C10H18Cl2N2O3S/c1-9(7-10(9,11)12)8(15)13-5-4-6-14(2)18(3,16)17/h4-7H2,1-3H3,(H,13,15)/t9-/m1/s1. The Balaban J connectivity index is 2.26. The lowest BCUT2D eigenvalue weighted by atomic mass is 10.1. The van der Waals surface area contributed by atoms with Gasteiger partial charge in [0, 0.05) is 20.1 Å². The molecule has 0 unspecified atom stereocenters. The van der Waals surface area contributed by atoms with Crippen LogP contribution in [0.1, 0.15) is 19.8 Å². The molecule has 0 spiro atoms. The molecule has 0 aromatic carbocycles. The maximum Gasteiger partial charge on any atom is 0.229 e. The molecule has 1 N–H and O–H groups in total. The fourth-order valence-electron chi connectivity index (χ4n) is 1.51. The number of halogens is 2. The number of alkyl halides is 2. The molecule has 1 atom stereocenters. The van der Waals surface area contributed by atoms with Crippen molar-refractivity contribution in [3.05, 3.63) is 0 Å². The van der Waals surface area contributed by atoms with Crippen molar-refractivity contribution in [3.8, 4) is 0 Å². The zero-order valence-corrected chi connectivity index (χ0v) is 13.0. The Morgan fingerprint density at radius 2 is 1.94 bits per heavy atom. The number of rotatable bonds is 6. The third-order valence-electron chi connectivity index (χ3n) is 3.26. The quantitative estimate of drug-likeness (QED) is 0.586. The van der Waals surface area contributed by atoms with Crippen molar-refractivity contribution in [2.75, 3.05) is 26.4 Å². The molecule has 0 aliphatic heterocycles. The van der Waals surface area contributed by atoms with E-state index in [1.54, 1.807) is 6.92 Å². The predicted molar refractivity (Wildman–Crippen MR) is 72.3 cm³/mol. The second kappa shape index (κ2) is 5.15. The average Bonchev–Trinajstić information content (AvgIpc) is 2.72. The van der Waals surface area contributed by atoms with Crippen LogP contribution >= 0.6 is 23.2 Å². The molecular weight excluding hydrogens is 299 g/mol. The minimum atomic E-state index is -3.16. The van der Waals surface area contributed by atoms with Gasteiger partial charge in [0.25, 0.3) is 0 Å². The summed E-state index contributed by atoms with van der Waals surface area (Å²) < 4.78 is 22.5. The average molecular weight is 317 g/mol. The first-order chi connectivity index (χ1) is 8.01. The van der Waals surface area contributed by atoms with Crippen molar-refractivity contribution in [2.45, 2.75) is 24.1 Å². The van der Waals surface area contributed by atoms with Crippen LogP contribution in [0, 0.1) is 5.41 Å². The van der Waals surface area contributed by atoms with Gasteiger partial charge in [-0.05, 0) is 19.8 Å². The lowest BCUT2D eigenvalue weighted by molar-refractivity contribution is -0.125. The highest BCUT2D eigenvalue weighted by atomic mass is 35.5. The molecule has 1 aliphatic carbocycles. The first-order valence-corrected chi connectivity index (χ1v) is 8.18. The van der Waals surface area contributed by atoms with Crippen molar-refractivity contribution < 1.29 is 13.2 Å². The van der Waals surface area contributed by atoms with Crippen LogP contribution in [0.2, 0.25) is 0 Å². The van der Waals surface area contributed by atoms with Gasteiger partial charge < -0.3 is 5.32 Å². The van der Waals surface area contributed by atoms with Gasteiger partial charge in [-0.3, -0.25) is 4.79 Å². The zero-order chi connectivity index (χ0) is 14.2. The Labute approximate surface area is 118 Å². The Bertz CT molecular complexity index is 438. The zero-order valence-electron chi connectivity index (χ0n) is 10.7. The van der Waals surface area contributed by atoms with Crippen molar-refractivity contribution in [3.63, 3.8) is 0 Å². The first kappa shape index (κ1) is 16.0. The van der Waals surface area contributed by atoms with Crippen LogP contribution in [0.25, 0.3) is 0 Å². The van der Waals surface area contributed by atoms with Gasteiger partial charge in [-0.2, -0.15) is 0 Å². The number of nitrogens with one attached hydrogen (secondary N) is 1. The maximum absolute atomic E-state index is 11.8. The Morgan fingerprint density at radius 3 is 2.33 bits per heavy atom. The van der Waals surface area contributed by atoms with Gasteiger partial charge in [0.2, 0.25) is 15.9 Å². The number of carbonyl (C=O) groups excluding carboxylic acids is 1. The predicted octanol–water partition coefficient (Wildman–Crippen LogP) is 0.968. The second-order valence-electron chi connectivity index (χ2n) is 4.91. The molecule has 0 aromatic rings. The van der Waals surface area contributed by atoms with Crippen LogP contribution in [0.3, 0.4) is 0 Å². The smallest absolute Gasteiger partial charge is 0.229 e. The van der Waals surface area contributed by atoms with E-state index in [0.29, 0.717) is 25.9 Å². The number of hydrogen-bond donors (Lipinski definition) is 1. The van der Waals surface area contributed by atoms with Gasteiger partial charge in [-0.1, -0.05) is 0 Å². The fraction of sp³-hybridized carbons (Fsp3) is 0.900. The third kappa shape index (κ3) is 3.50. The molecule has 1 aliphatic rings. The number of amides is 1. The summed E-state index contributed by atoms with van der Waals surface area (Å²) in [5, 5.41) is 2.72. The molecule has 5 nitrogen and oxygen atoms in total. The van der Waals surface area contributed by atoms with Crippen molar-refractivity contribution >= 4 is 39.1 Å². The highest BCUT2D eigenvalue weighted by Gasteiger charge is 2.67. The lowest BCUT2D eigenvalue weighted by Gasteiger charge is -2.15. The minimum absolute atomic E-state index is 0.186. The molecule has 1 rings (SSSR count). The fourth-order valence-corrected chi connectivity index (χ4v) is 2.68. The van der Waals surface area contributed by atoms with Crippen LogP contribution in [-0.4, -0.2) is 49.4 Å². The van der Waals surface area contributed by atoms with Gasteiger partial charge in [0.15, 0.2) is 0 Å². The van der Waals surface area contributed by atoms with Crippen LogP contribution in [0.5, 0.6) is 0 Å². The largest absolute Gasteiger partial charge is 0.355 e. The van der Waals surface area contributed by atoms with E-state index in [1.807, 2.05) is 0 Å². The van der Waals surface area contributed by atoms with Crippen LogP contribution in [-0.2, 0) is 14.8 Å². The van der Waals surface area contributed by atoms with Gasteiger partial charge in [-0.25, -0.2) is 12.7 Å². The first-order valence-electron chi connectivity index (χ1n) is 5.58. The molecule has 1 fully saturated rings. The summed E-state index contributed by atoms with van der Waals surface area (Å²) in [5.74, 6) is -0.186. The highest BCUT2D eigenvalue weighted by molar-refractivity contribution is 7.88. The van der Waals surface area contributed by atoms with E-state index >= 15 is 0 Å². The van der Waals surface area contributed by atoms with Crippen molar-refractivity contribution in [1.82, 2.24) is 9.62 Å². The summed E-state index contributed by atoms with van der Waals surface area (Å²) in [6.07, 6.45) is 2.13. The number of nitrogens with zero attached hydrogens (tertiary/aromatic N) is 1. The van der Waals surface area contributed by atoms with Gasteiger partial charge in [0.1, 0.15) is 4.33 Å². The SMILES string of the molecule is CN(CCCNC(=O)[C@@]1(C)CC1(Cl)Cl)S(C)(=O)=O. The number of carbonyl (C=O) groups is 1. The summed E-state index contributed by atoms with van der Waals surface area (Å²) in [4.78, 5) is 11.8. The molecule has 0 bridgehead atoms. The summed E-state index contributed by atoms with van der Waals surface area (Å²) in [7, 11) is -1.66. The Morgan fingerprint density at radius 1 is 1.44 bits per heavy atom. The van der Waals surface area contributed by atoms with E-state index in [0.717, 1.165) is 6.26 Å². The third-order valence-corrected chi connectivity index (χ3v) is 5.68. The molecule has 106 valence electrons. The monoisotopic (exact) mass is 316 g/mol. The molecule has 8 heteroatoms. The van der Waals surface area contributed by atoms with Gasteiger partial charge >= 0.3 is 0 Å². The molecule has 1 saturated carbocycles. The maximum atomic E-state index is 11.8. The molecule has 18 heavy (non-hydrogen) atoms. The van der Waals surface area contributed by atoms with E-state index in [1.165, 1.54) is 11.4 Å². The van der Waals surface area contributed by atoms with Crippen molar-refractivity contribution in [1.29, 1.82) is 0 Å². The molecule has 0 saturated heterocycles. The van der Waals surface area contributed by atoms with E-state index < -0.39 is 19.8 Å². The summed E-state index contributed by atoms with van der Waals surface area (Å²) in [6, 6.07) is 0. The molecule has 0 radical (unpaired) electrons. The van der Waals surface area contributed by atoms with E-state index in [-0.39, 0.29) is 5.91 Å². The topological polar surface area (TPSA) is 66.5 Å². The van der Waals surface area contributed by atoms with Crippen LogP contribution in [0.4, 0.5) is 0 Å². The van der Waals surface area contributed by atoms with Gasteiger partial charge in [-0.15, -0.1) is 23.2 Å². The number of hydrogen-bond acceptors (Lipinski definition) is 3. The van der Waals surface area contributed by atoms with Crippen LogP contribution < -0.4 is 5.32 Å². The number of sulfonamides is 1. The summed E-state index contributed by atoms with van der Waals surface area (Å²) >= 11 is 11.8. The molecule has 1 amide bonds. The molecular formula is C10H18Cl2N2O3S. The van der Waals surface area contributed by atoms with Crippen LogP contribution in [0.15, 0.2) is 0 Å². The molecule has 0 heterocycles. The van der Waals surface area contributed by atoms with E-state index in [9.17, 15) is 13.2 Å². The van der Waals surface area contributed by atoms with Crippen molar-refractivity contribution in [2.24, 2.45) is 5.41 Å². The second-order valence-corrected chi connectivity index (χ2v) is 8.48. The highest BCUT2D eigenvalue weighted by Crippen LogP contribution is 2.63. The summed E-state index contributed by atoms with van der Waals surface area (Å²) in [6.45, 7) is 2.48. The summed E-state index contributed by atoms with van der Waals surface area (Å²) in [5.41, 5.74) is -0.723. The van der Waals surface area contributed by atoms with Gasteiger partial charge in [0.05, 0.1) is 11.7 Å². The van der Waals surface area contributed by atoms with E-state index in [4.69, 9.17) is 23.2 Å². The lowest BCUT2D eigenvalue weighted by Crippen LogP contribution is -2.35. The minimum Gasteiger partial charge on any atom is -0.355 e. The Kier molecular flexibility index (Phi) is 4.58.